The third kappa shape index (κ3) is 7.19. The SMILES string of the molecule is CC(C)NC(=O)CN(C)CC(=O)Nc1ccc(N2CC(C)OC(C)C2)cc1. The largest absolute Gasteiger partial charge is 0.372 e. The zero-order valence-electron chi connectivity index (χ0n) is 17.0. The number of hydrogen-bond acceptors (Lipinski definition) is 5. The Morgan fingerprint density at radius 1 is 1.11 bits per heavy atom. The minimum atomic E-state index is -0.142. The van der Waals surface area contributed by atoms with Crippen LogP contribution in [0.2, 0.25) is 0 Å². The van der Waals surface area contributed by atoms with Crippen molar-refractivity contribution in [2.75, 3.05) is 43.4 Å². The summed E-state index contributed by atoms with van der Waals surface area (Å²) in [5.74, 6) is -0.227. The van der Waals surface area contributed by atoms with E-state index in [1.165, 1.54) is 0 Å². The van der Waals surface area contributed by atoms with Crippen molar-refractivity contribution in [3.63, 3.8) is 0 Å². The van der Waals surface area contributed by atoms with Gasteiger partial charge in [-0.1, -0.05) is 0 Å². The van der Waals surface area contributed by atoms with Crippen molar-refractivity contribution < 1.29 is 14.3 Å². The van der Waals surface area contributed by atoms with Gasteiger partial charge in [0.25, 0.3) is 0 Å². The summed E-state index contributed by atoms with van der Waals surface area (Å²) in [6.45, 7) is 10.0. The molecule has 0 bridgehead atoms. The molecule has 2 unspecified atom stereocenters. The van der Waals surface area contributed by atoms with Gasteiger partial charge in [0.2, 0.25) is 11.8 Å². The maximum Gasteiger partial charge on any atom is 0.238 e. The molecule has 1 aromatic carbocycles. The van der Waals surface area contributed by atoms with Gasteiger partial charge in [-0.15, -0.1) is 0 Å². The molecule has 1 fully saturated rings. The topological polar surface area (TPSA) is 73.9 Å². The fourth-order valence-corrected chi connectivity index (χ4v) is 3.26. The minimum absolute atomic E-state index is 0.0846. The Balaban J connectivity index is 1.83. The van der Waals surface area contributed by atoms with Crippen molar-refractivity contribution in [1.29, 1.82) is 0 Å². The molecule has 1 aliphatic rings. The summed E-state index contributed by atoms with van der Waals surface area (Å²) in [4.78, 5) is 27.9. The number of nitrogens with zero attached hydrogens (tertiary/aromatic N) is 2. The monoisotopic (exact) mass is 376 g/mol. The van der Waals surface area contributed by atoms with Crippen molar-refractivity contribution in [2.24, 2.45) is 0 Å². The lowest BCUT2D eigenvalue weighted by atomic mass is 10.2. The minimum Gasteiger partial charge on any atom is -0.372 e. The number of ether oxygens (including phenoxy) is 1. The number of rotatable bonds is 7. The first-order chi connectivity index (χ1) is 12.7. The number of nitrogens with one attached hydrogen (secondary N) is 2. The molecule has 2 N–H and O–H groups in total. The lowest BCUT2D eigenvalue weighted by Crippen LogP contribution is -2.45. The second-order valence-electron chi connectivity index (χ2n) is 7.65. The highest BCUT2D eigenvalue weighted by Crippen LogP contribution is 2.22. The predicted octanol–water partition coefficient (Wildman–Crippen LogP) is 1.70. The molecule has 2 amide bonds. The highest BCUT2D eigenvalue weighted by atomic mass is 16.5. The molecule has 7 nitrogen and oxygen atoms in total. The zero-order valence-corrected chi connectivity index (χ0v) is 17.0. The van der Waals surface area contributed by atoms with E-state index in [0.29, 0.717) is 0 Å². The van der Waals surface area contributed by atoms with Crippen molar-refractivity contribution in [3.8, 4) is 0 Å². The summed E-state index contributed by atoms with van der Waals surface area (Å²) in [5.41, 5.74) is 1.87. The molecule has 7 heteroatoms. The smallest absolute Gasteiger partial charge is 0.238 e. The molecule has 1 saturated heterocycles. The van der Waals surface area contributed by atoms with Crippen LogP contribution in [0.25, 0.3) is 0 Å². The van der Waals surface area contributed by atoms with Crippen LogP contribution in [0.5, 0.6) is 0 Å². The first-order valence-electron chi connectivity index (χ1n) is 9.51. The van der Waals surface area contributed by atoms with Gasteiger partial charge in [-0.25, -0.2) is 0 Å². The molecule has 1 aliphatic heterocycles. The number of anilines is 2. The molecule has 0 radical (unpaired) electrons. The molecule has 0 aliphatic carbocycles. The van der Waals surface area contributed by atoms with Crippen LogP contribution in [0.15, 0.2) is 24.3 Å². The van der Waals surface area contributed by atoms with E-state index >= 15 is 0 Å². The summed E-state index contributed by atoms with van der Waals surface area (Å²) < 4.78 is 5.77. The van der Waals surface area contributed by atoms with Crippen molar-refractivity contribution in [3.05, 3.63) is 24.3 Å². The van der Waals surface area contributed by atoms with Crippen LogP contribution in [-0.2, 0) is 14.3 Å². The van der Waals surface area contributed by atoms with Crippen LogP contribution < -0.4 is 15.5 Å². The summed E-state index contributed by atoms with van der Waals surface area (Å²) in [6.07, 6.45) is 0.410. The van der Waals surface area contributed by atoms with Gasteiger partial charge in [-0.3, -0.25) is 14.5 Å². The maximum absolute atomic E-state index is 12.2. The molecule has 0 aromatic heterocycles. The normalized spacial score (nSPS) is 20.0. The van der Waals surface area contributed by atoms with Gasteiger partial charge in [0.1, 0.15) is 0 Å². The van der Waals surface area contributed by atoms with Crippen molar-refractivity contribution in [1.82, 2.24) is 10.2 Å². The van der Waals surface area contributed by atoms with E-state index in [-0.39, 0.29) is 43.2 Å². The Labute approximate surface area is 162 Å². The third-order valence-electron chi connectivity index (χ3n) is 4.21. The number of carbonyl (C=O) groups excluding carboxylic acids is 2. The predicted molar refractivity (Wildman–Crippen MR) is 108 cm³/mol. The third-order valence-corrected chi connectivity index (χ3v) is 4.21. The van der Waals surface area contributed by atoms with Gasteiger partial charge in [-0.2, -0.15) is 0 Å². The number of likely N-dealkylation sites (N-methyl/N-ethyl adjacent to an activating group) is 1. The van der Waals surface area contributed by atoms with Gasteiger partial charge in [0, 0.05) is 30.5 Å². The standard InChI is InChI=1S/C20H32N4O3/c1-14(2)21-19(25)12-23(5)13-20(26)22-17-6-8-18(9-7-17)24-10-15(3)27-16(4)11-24/h6-9,14-16H,10-13H2,1-5H3,(H,21,25)(H,22,26). The number of benzene rings is 1. The van der Waals surface area contributed by atoms with Gasteiger partial charge >= 0.3 is 0 Å². The lowest BCUT2D eigenvalue weighted by Gasteiger charge is -2.36. The quantitative estimate of drug-likeness (QED) is 0.758. The Morgan fingerprint density at radius 2 is 1.67 bits per heavy atom. The van der Waals surface area contributed by atoms with Crippen LogP contribution in [0, 0.1) is 0 Å². The molecular formula is C20H32N4O3. The van der Waals surface area contributed by atoms with E-state index < -0.39 is 0 Å². The summed E-state index contributed by atoms with van der Waals surface area (Å²) in [7, 11) is 1.75. The second kappa shape index (κ2) is 9.71. The molecule has 0 spiro atoms. The average Bonchev–Trinajstić information content (AvgIpc) is 2.53. The van der Waals surface area contributed by atoms with Crippen LogP contribution in [0.3, 0.4) is 0 Å². The Bertz CT molecular complexity index is 623. The van der Waals surface area contributed by atoms with E-state index in [1.54, 1.807) is 11.9 Å². The van der Waals surface area contributed by atoms with Crippen LogP contribution in [0.4, 0.5) is 11.4 Å². The fraction of sp³-hybridized carbons (Fsp3) is 0.600. The van der Waals surface area contributed by atoms with Gasteiger partial charge in [0.05, 0.1) is 25.3 Å². The van der Waals surface area contributed by atoms with E-state index in [2.05, 4.69) is 29.4 Å². The molecule has 1 heterocycles. The summed E-state index contributed by atoms with van der Waals surface area (Å²) in [5, 5.41) is 5.69. The highest BCUT2D eigenvalue weighted by Gasteiger charge is 2.22. The van der Waals surface area contributed by atoms with E-state index in [9.17, 15) is 9.59 Å². The van der Waals surface area contributed by atoms with Crippen molar-refractivity contribution in [2.45, 2.75) is 45.9 Å². The molecule has 1 aromatic rings. The molecule has 150 valence electrons. The molecule has 2 rings (SSSR count). The zero-order chi connectivity index (χ0) is 20.0. The van der Waals surface area contributed by atoms with Crippen LogP contribution in [0.1, 0.15) is 27.7 Å². The van der Waals surface area contributed by atoms with Gasteiger partial charge < -0.3 is 20.3 Å². The summed E-state index contributed by atoms with van der Waals surface area (Å²) in [6, 6.07) is 7.93. The molecule has 27 heavy (non-hydrogen) atoms. The Kier molecular flexibility index (Phi) is 7.62. The fourth-order valence-electron chi connectivity index (χ4n) is 3.26. The number of hydrogen-bond donors (Lipinski definition) is 2. The van der Waals surface area contributed by atoms with E-state index in [1.807, 2.05) is 38.1 Å². The van der Waals surface area contributed by atoms with E-state index in [0.717, 1.165) is 24.5 Å². The maximum atomic E-state index is 12.2. The lowest BCUT2D eigenvalue weighted by molar-refractivity contribution is -0.123. The number of morpholine rings is 1. The highest BCUT2D eigenvalue weighted by molar-refractivity contribution is 5.92. The van der Waals surface area contributed by atoms with Crippen molar-refractivity contribution >= 4 is 23.2 Å². The second-order valence-corrected chi connectivity index (χ2v) is 7.65. The molecule has 0 saturated carbocycles. The van der Waals surface area contributed by atoms with E-state index in [4.69, 9.17) is 4.74 Å². The van der Waals surface area contributed by atoms with Crippen LogP contribution in [-0.4, -0.2) is 68.2 Å². The van der Waals surface area contributed by atoms with Gasteiger partial charge in [-0.05, 0) is 59.0 Å². The molecular weight excluding hydrogens is 344 g/mol. The first-order valence-corrected chi connectivity index (χ1v) is 9.51. The Morgan fingerprint density at radius 3 is 2.22 bits per heavy atom. The number of carbonyl (C=O) groups is 2. The average molecular weight is 377 g/mol. The summed E-state index contributed by atoms with van der Waals surface area (Å²) >= 11 is 0. The Hall–Kier alpha value is -2.12. The van der Waals surface area contributed by atoms with Gasteiger partial charge in [0.15, 0.2) is 0 Å². The number of amides is 2. The first kappa shape index (κ1) is 21.2. The van der Waals surface area contributed by atoms with Crippen LogP contribution >= 0.6 is 0 Å². The molecule has 2 atom stereocenters.